The number of aryl methyl sites for hydroxylation is 1. The van der Waals surface area contributed by atoms with Crippen molar-refractivity contribution < 1.29 is 14.7 Å². The number of amides is 2. The lowest BCUT2D eigenvalue weighted by atomic mass is 10.2. The molecule has 94 valence electrons. The Morgan fingerprint density at radius 2 is 2.18 bits per heavy atom. The predicted molar refractivity (Wildman–Crippen MR) is 66.1 cm³/mol. The number of carbonyl (C=O) groups is 2. The molecule has 1 unspecified atom stereocenters. The molecule has 1 atom stereocenters. The van der Waals surface area contributed by atoms with Crippen LogP contribution in [0.25, 0.3) is 0 Å². The van der Waals surface area contributed by atoms with Crippen molar-refractivity contribution >= 4 is 23.3 Å². The minimum absolute atomic E-state index is 0.362. The van der Waals surface area contributed by atoms with Crippen LogP contribution in [-0.2, 0) is 11.3 Å². The summed E-state index contributed by atoms with van der Waals surface area (Å²) in [4.78, 5) is 24.3. The van der Waals surface area contributed by atoms with Crippen LogP contribution in [0.3, 0.4) is 0 Å². The van der Waals surface area contributed by atoms with Crippen LogP contribution in [0.2, 0.25) is 0 Å². The topological polar surface area (TPSA) is 78.4 Å². The standard InChI is InChI=1S/C11H16N2O3S/c1-3-9(10(14)15)13-11(16)12-6-8-5-4-7(2)17-8/h4-5,9H,3,6H2,1-2H3,(H,14,15)(H2,12,13,16). The monoisotopic (exact) mass is 256 g/mol. The van der Waals surface area contributed by atoms with Gasteiger partial charge in [-0.25, -0.2) is 9.59 Å². The number of hydrogen-bond donors (Lipinski definition) is 3. The van der Waals surface area contributed by atoms with Crippen molar-refractivity contribution in [1.29, 1.82) is 0 Å². The maximum absolute atomic E-state index is 11.4. The van der Waals surface area contributed by atoms with Crippen molar-refractivity contribution in [2.24, 2.45) is 0 Å². The van der Waals surface area contributed by atoms with E-state index >= 15 is 0 Å². The summed E-state index contributed by atoms with van der Waals surface area (Å²) in [6.07, 6.45) is 0.362. The number of carbonyl (C=O) groups excluding carboxylic acids is 1. The van der Waals surface area contributed by atoms with E-state index in [1.165, 1.54) is 4.88 Å². The third-order valence-corrected chi connectivity index (χ3v) is 3.23. The molecule has 0 spiro atoms. The molecule has 0 aromatic carbocycles. The van der Waals surface area contributed by atoms with E-state index in [1.807, 2.05) is 19.1 Å². The minimum Gasteiger partial charge on any atom is -0.480 e. The molecule has 3 N–H and O–H groups in total. The van der Waals surface area contributed by atoms with E-state index in [9.17, 15) is 9.59 Å². The lowest BCUT2D eigenvalue weighted by Gasteiger charge is -2.12. The summed E-state index contributed by atoms with van der Waals surface area (Å²) in [6, 6.07) is 2.63. The highest BCUT2D eigenvalue weighted by molar-refractivity contribution is 7.11. The number of carboxylic acids is 1. The van der Waals surface area contributed by atoms with Crippen LogP contribution in [-0.4, -0.2) is 23.1 Å². The number of aliphatic carboxylic acids is 1. The molecule has 5 nitrogen and oxygen atoms in total. The summed E-state index contributed by atoms with van der Waals surface area (Å²) in [5.74, 6) is -1.02. The third-order valence-electron chi connectivity index (χ3n) is 2.23. The molecule has 1 aromatic heterocycles. The number of carboxylic acid groups (broad SMARTS) is 1. The molecular formula is C11H16N2O3S. The molecular weight excluding hydrogens is 240 g/mol. The zero-order valence-electron chi connectivity index (χ0n) is 9.82. The van der Waals surface area contributed by atoms with Crippen LogP contribution >= 0.6 is 11.3 Å². The fourth-order valence-corrected chi connectivity index (χ4v) is 2.13. The first-order valence-corrected chi connectivity index (χ1v) is 6.17. The third kappa shape index (κ3) is 4.44. The van der Waals surface area contributed by atoms with E-state index in [0.29, 0.717) is 13.0 Å². The van der Waals surface area contributed by atoms with Crippen molar-refractivity contribution in [2.45, 2.75) is 32.9 Å². The SMILES string of the molecule is CCC(NC(=O)NCc1ccc(C)s1)C(=O)O. The fraction of sp³-hybridized carbons (Fsp3) is 0.455. The Kier molecular flexibility index (Phi) is 4.96. The molecule has 0 aliphatic heterocycles. The molecule has 0 aliphatic rings. The molecule has 0 radical (unpaired) electrons. The van der Waals surface area contributed by atoms with Crippen LogP contribution in [0.4, 0.5) is 4.79 Å². The molecule has 6 heteroatoms. The van der Waals surface area contributed by atoms with Crippen molar-refractivity contribution in [1.82, 2.24) is 10.6 Å². The van der Waals surface area contributed by atoms with Crippen LogP contribution in [0, 0.1) is 6.92 Å². The lowest BCUT2D eigenvalue weighted by Crippen LogP contribution is -2.45. The first-order valence-electron chi connectivity index (χ1n) is 5.35. The smallest absolute Gasteiger partial charge is 0.326 e. The second kappa shape index (κ2) is 6.24. The van der Waals surface area contributed by atoms with E-state index in [1.54, 1.807) is 18.3 Å². The number of rotatable bonds is 5. The summed E-state index contributed by atoms with van der Waals surface area (Å²) in [7, 11) is 0. The Hall–Kier alpha value is -1.56. The zero-order chi connectivity index (χ0) is 12.8. The second-order valence-electron chi connectivity index (χ2n) is 3.64. The van der Waals surface area contributed by atoms with Crippen LogP contribution in [0.1, 0.15) is 23.1 Å². The minimum atomic E-state index is -1.02. The largest absolute Gasteiger partial charge is 0.480 e. The molecule has 17 heavy (non-hydrogen) atoms. The Morgan fingerprint density at radius 3 is 2.65 bits per heavy atom. The highest BCUT2D eigenvalue weighted by Gasteiger charge is 2.16. The van der Waals surface area contributed by atoms with Crippen molar-refractivity contribution in [2.75, 3.05) is 0 Å². The molecule has 0 aliphatic carbocycles. The number of urea groups is 1. The zero-order valence-corrected chi connectivity index (χ0v) is 10.6. The van der Waals surface area contributed by atoms with Gasteiger partial charge in [0.15, 0.2) is 0 Å². The normalized spacial score (nSPS) is 11.9. The van der Waals surface area contributed by atoms with Gasteiger partial charge in [0.1, 0.15) is 6.04 Å². The van der Waals surface area contributed by atoms with E-state index in [-0.39, 0.29) is 0 Å². The lowest BCUT2D eigenvalue weighted by molar-refractivity contribution is -0.139. The number of nitrogens with one attached hydrogen (secondary N) is 2. The molecule has 1 rings (SSSR count). The molecule has 0 saturated heterocycles. The van der Waals surface area contributed by atoms with Crippen LogP contribution in [0.5, 0.6) is 0 Å². The Bertz CT molecular complexity index is 403. The maximum Gasteiger partial charge on any atom is 0.326 e. The fourth-order valence-electron chi connectivity index (χ4n) is 1.30. The van der Waals surface area contributed by atoms with Crippen molar-refractivity contribution in [3.05, 3.63) is 21.9 Å². The van der Waals surface area contributed by atoms with Gasteiger partial charge in [0.2, 0.25) is 0 Å². The van der Waals surface area contributed by atoms with E-state index in [0.717, 1.165) is 4.88 Å². The highest BCUT2D eigenvalue weighted by atomic mass is 32.1. The second-order valence-corrected chi connectivity index (χ2v) is 5.01. The Balaban J connectivity index is 2.37. The molecule has 2 amide bonds. The van der Waals surface area contributed by atoms with Gasteiger partial charge in [0.05, 0.1) is 6.54 Å². The van der Waals surface area contributed by atoms with Gasteiger partial charge < -0.3 is 15.7 Å². The number of thiophene rings is 1. The molecule has 0 saturated carbocycles. The van der Waals surface area contributed by atoms with Crippen LogP contribution in [0.15, 0.2) is 12.1 Å². The van der Waals surface area contributed by atoms with E-state index in [4.69, 9.17) is 5.11 Å². The van der Waals surface area contributed by atoms with Gasteiger partial charge in [-0.05, 0) is 25.5 Å². The van der Waals surface area contributed by atoms with Crippen molar-refractivity contribution in [3.8, 4) is 0 Å². The average molecular weight is 256 g/mol. The first kappa shape index (κ1) is 13.5. The molecule has 0 bridgehead atoms. The summed E-state index contributed by atoms with van der Waals surface area (Å²) < 4.78 is 0. The average Bonchev–Trinajstić information content (AvgIpc) is 2.68. The molecule has 1 heterocycles. The van der Waals surface area contributed by atoms with E-state index in [2.05, 4.69) is 10.6 Å². The summed E-state index contributed by atoms with van der Waals surface area (Å²) in [5, 5.41) is 13.8. The summed E-state index contributed by atoms with van der Waals surface area (Å²) in [6.45, 7) is 4.12. The molecule has 0 fully saturated rings. The number of hydrogen-bond acceptors (Lipinski definition) is 3. The van der Waals surface area contributed by atoms with Gasteiger partial charge in [0.25, 0.3) is 0 Å². The van der Waals surface area contributed by atoms with Gasteiger partial charge >= 0.3 is 12.0 Å². The maximum atomic E-state index is 11.4. The van der Waals surface area contributed by atoms with Crippen molar-refractivity contribution in [3.63, 3.8) is 0 Å². The Morgan fingerprint density at radius 1 is 1.47 bits per heavy atom. The predicted octanol–water partition coefficient (Wildman–Crippen LogP) is 1.72. The highest BCUT2D eigenvalue weighted by Crippen LogP contribution is 2.14. The van der Waals surface area contributed by atoms with Gasteiger partial charge in [-0.15, -0.1) is 11.3 Å². The van der Waals surface area contributed by atoms with Gasteiger partial charge in [0, 0.05) is 9.75 Å². The quantitative estimate of drug-likeness (QED) is 0.750. The summed E-state index contributed by atoms with van der Waals surface area (Å²) in [5.41, 5.74) is 0. The summed E-state index contributed by atoms with van der Waals surface area (Å²) >= 11 is 1.60. The van der Waals surface area contributed by atoms with Gasteiger partial charge in [-0.2, -0.15) is 0 Å². The van der Waals surface area contributed by atoms with Gasteiger partial charge in [-0.1, -0.05) is 6.92 Å². The van der Waals surface area contributed by atoms with Crippen LogP contribution < -0.4 is 10.6 Å². The molecule has 1 aromatic rings. The Labute approximate surface area is 104 Å². The first-order chi connectivity index (χ1) is 8.02. The van der Waals surface area contributed by atoms with Gasteiger partial charge in [-0.3, -0.25) is 0 Å². The van der Waals surface area contributed by atoms with E-state index < -0.39 is 18.0 Å².